The van der Waals surface area contributed by atoms with E-state index in [1.165, 1.54) is 5.56 Å². The first-order valence-electron chi connectivity index (χ1n) is 4.87. The Balaban J connectivity index is 2.58. The standard InChI is InChI=1S/C12H17Cl/c1-3-9-12(2,13)10-11-7-5-4-6-8-11/h4-8H,3,9-10H2,1-2H3. The number of halogens is 1. The van der Waals surface area contributed by atoms with Crippen molar-refractivity contribution >= 4 is 11.6 Å². The summed E-state index contributed by atoms with van der Waals surface area (Å²) in [6.07, 6.45) is 3.18. The van der Waals surface area contributed by atoms with Crippen LogP contribution in [0.25, 0.3) is 0 Å². The summed E-state index contributed by atoms with van der Waals surface area (Å²) >= 11 is 6.37. The Kier molecular flexibility index (Phi) is 3.80. The van der Waals surface area contributed by atoms with Crippen LogP contribution in [0.5, 0.6) is 0 Å². The van der Waals surface area contributed by atoms with Gasteiger partial charge in [0.05, 0.1) is 0 Å². The maximum absolute atomic E-state index is 6.37. The van der Waals surface area contributed by atoms with E-state index in [0.29, 0.717) is 0 Å². The van der Waals surface area contributed by atoms with Crippen LogP contribution in [0, 0.1) is 0 Å². The number of alkyl halides is 1. The smallest absolute Gasteiger partial charge is 0.0458 e. The van der Waals surface area contributed by atoms with Crippen LogP contribution in [0.3, 0.4) is 0 Å². The van der Waals surface area contributed by atoms with Gasteiger partial charge in [0.1, 0.15) is 0 Å². The molecule has 72 valence electrons. The van der Waals surface area contributed by atoms with Crippen LogP contribution in [-0.2, 0) is 6.42 Å². The van der Waals surface area contributed by atoms with Gasteiger partial charge in [-0.3, -0.25) is 0 Å². The highest BCUT2D eigenvalue weighted by Crippen LogP contribution is 2.25. The van der Waals surface area contributed by atoms with Crippen molar-refractivity contribution in [2.24, 2.45) is 0 Å². The van der Waals surface area contributed by atoms with Gasteiger partial charge >= 0.3 is 0 Å². The van der Waals surface area contributed by atoms with E-state index in [-0.39, 0.29) is 4.87 Å². The Morgan fingerprint density at radius 3 is 2.38 bits per heavy atom. The monoisotopic (exact) mass is 196 g/mol. The fourth-order valence-electron chi connectivity index (χ4n) is 1.63. The van der Waals surface area contributed by atoms with E-state index in [2.05, 4.69) is 38.1 Å². The molecule has 1 aromatic rings. The first-order valence-corrected chi connectivity index (χ1v) is 5.25. The third kappa shape index (κ3) is 3.82. The van der Waals surface area contributed by atoms with Crippen LogP contribution in [0.15, 0.2) is 30.3 Å². The minimum absolute atomic E-state index is 0.0733. The molecule has 0 radical (unpaired) electrons. The van der Waals surface area contributed by atoms with Crippen molar-refractivity contribution in [1.29, 1.82) is 0 Å². The van der Waals surface area contributed by atoms with E-state index in [9.17, 15) is 0 Å². The summed E-state index contributed by atoms with van der Waals surface area (Å²) in [5.41, 5.74) is 1.33. The summed E-state index contributed by atoms with van der Waals surface area (Å²) in [6.45, 7) is 4.29. The molecule has 1 unspecified atom stereocenters. The summed E-state index contributed by atoms with van der Waals surface area (Å²) in [5.74, 6) is 0. The first-order chi connectivity index (χ1) is 6.14. The van der Waals surface area contributed by atoms with E-state index in [1.807, 2.05) is 6.07 Å². The molecule has 0 bridgehead atoms. The highest BCUT2D eigenvalue weighted by Gasteiger charge is 2.19. The molecule has 1 heteroatoms. The predicted octanol–water partition coefficient (Wildman–Crippen LogP) is 4.03. The molecule has 1 rings (SSSR count). The molecule has 0 fully saturated rings. The molecular weight excluding hydrogens is 180 g/mol. The van der Waals surface area contributed by atoms with Crippen LogP contribution < -0.4 is 0 Å². The van der Waals surface area contributed by atoms with Gasteiger partial charge in [-0.05, 0) is 25.3 Å². The SMILES string of the molecule is CCCC(C)(Cl)Cc1ccccc1. The second-order valence-corrected chi connectivity index (χ2v) is 4.74. The molecule has 0 nitrogen and oxygen atoms in total. The Labute approximate surface area is 85.9 Å². The largest absolute Gasteiger partial charge is 0.119 e. The van der Waals surface area contributed by atoms with E-state index in [4.69, 9.17) is 11.6 Å². The van der Waals surface area contributed by atoms with Crippen LogP contribution in [0.1, 0.15) is 32.3 Å². The molecule has 0 aliphatic carbocycles. The van der Waals surface area contributed by atoms with E-state index < -0.39 is 0 Å². The average molecular weight is 197 g/mol. The maximum Gasteiger partial charge on any atom is 0.0458 e. The van der Waals surface area contributed by atoms with E-state index in [1.54, 1.807) is 0 Å². The molecule has 0 aromatic heterocycles. The fourth-order valence-corrected chi connectivity index (χ4v) is 1.97. The molecule has 1 aromatic carbocycles. The van der Waals surface area contributed by atoms with Gasteiger partial charge in [-0.2, -0.15) is 0 Å². The van der Waals surface area contributed by atoms with Crippen LogP contribution >= 0.6 is 11.6 Å². The Bertz CT molecular complexity index is 239. The molecule has 13 heavy (non-hydrogen) atoms. The summed E-state index contributed by atoms with van der Waals surface area (Å²) < 4.78 is 0. The van der Waals surface area contributed by atoms with Crippen LogP contribution in [0.2, 0.25) is 0 Å². The normalized spacial score (nSPS) is 15.3. The van der Waals surface area contributed by atoms with E-state index in [0.717, 1.165) is 19.3 Å². The topological polar surface area (TPSA) is 0 Å². The van der Waals surface area contributed by atoms with Crippen molar-refractivity contribution in [1.82, 2.24) is 0 Å². The molecule has 0 aliphatic rings. The van der Waals surface area contributed by atoms with Gasteiger partial charge < -0.3 is 0 Å². The number of hydrogen-bond acceptors (Lipinski definition) is 0. The number of rotatable bonds is 4. The van der Waals surface area contributed by atoms with Crippen LogP contribution in [0.4, 0.5) is 0 Å². The molecule has 1 atom stereocenters. The van der Waals surface area contributed by atoms with Gasteiger partial charge in [0.25, 0.3) is 0 Å². The fraction of sp³-hybridized carbons (Fsp3) is 0.500. The molecular formula is C12H17Cl. The molecule has 0 saturated heterocycles. The third-order valence-electron chi connectivity index (χ3n) is 2.19. The van der Waals surface area contributed by atoms with E-state index >= 15 is 0 Å². The summed E-state index contributed by atoms with van der Waals surface area (Å²) in [7, 11) is 0. The molecule has 0 heterocycles. The second-order valence-electron chi connectivity index (χ2n) is 3.83. The average Bonchev–Trinajstić information content (AvgIpc) is 2.04. The highest BCUT2D eigenvalue weighted by atomic mass is 35.5. The zero-order valence-corrected chi connectivity index (χ0v) is 9.14. The van der Waals surface area contributed by atoms with Crippen molar-refractivity contribution < 1.29 is 0 Å². The predicted molar refractivity (Wildman–Crippen MR) is 59.3 cm³/mol. The van der Waals surface area contributed by atoms with Crippen molar-refractivity contribution in [3.8, 4) is 0 Å². The van der Waals surface area contributed by atoms with Gasteiger partial charge in [-0.15, -0.1) is 11.6 Å². The lowest BCUT2D eigenvalue weighted by Gasteiger charge is -2.21. The third-order valence-corrected chi connectivity index (χ3v) is 2.51. The molecule has 0 aliphatic heterocycles. The number of hydrogen-bond donors (Lipinski definition) is 0. The zero-order chi connectivity index (χ0) is 9.73. The Hall–Kier alpha value is -0.490. The zero-order valence-electron chi connectivity index (χ0n) is 8.39. The van der Waals surface area contributed by atoms with Gasteiger partial charge in [0.2, 0.25) is 0 Å². The Morgan fingerprint density at radius 1 is 1.23 bits per heavy atom. The van der Waals surface area contributed by atoms with Crippen molar-refractivity contribution in [3.05, 3.63) is 35.9 Å². The van der Waals surface area contributed by atoms with Gasteiger partial charge in [0.15, 0.2) is 0 Å². The van der Waals surface area contributed by atoms with Crippen molar-refractivity contribution in [3.63, 3.8) is 0 Å². The van der Waals surface area contributed by atoms with Gasteiger partial charge in [-0.25, -0.2) is 0 Å². The number of benzene rings is 1. The molecule has 0 spiro atoms. The quantitative estimate of drug-likeness (QED) is 0.638. The summed E-state index contributed by atoms with van der Waals surface area (Å²) in [4.78, 5) is -0.0733. The molecule has 0 saturated carbocycles. The minimum Gasteiger partial charge on any atom is -0.119 e. The molecule has 0 N–H and O–H groups in total. The summed E-state index contributed by atoms with van der Waals surface area (Å²) in [5, 5.41) is 0. The lowest BCUT2D eigenvalue weighted by Crippen LogP contribution is -2.19. The minimum atomic E-state index is -0.0733. The highest BCUT2D eigenvalue weighted by molar-refractivity contribution is 6.23. The maximum atomic E-state index is 6.37. The first kappa shape index (κ1) is 10.6. The van der Waals surface area contributed by atoms with Gasteiger partial charge in [0, 0.05) is 4.87 Å². The lowest BCUT2D eigenvalue weighted by molar-refractivity contribution is 0.562. The van der Waals surface area contributed by atoms with Crippen molar-refractivity contribution in [2.75, 3.05) is 0 Å². The second kappa shape index (κ2) is 4.66. The Morgan fingerprint density at radius 2 is 1.85 bits per heavy atom. The van der Waals surface area contributed by atoms with Gasteiger partial charge in [-0.1, -0.05) is 43.7 Å². The van der Waals surface area contributed by atoms with Crippen LogP contribution in [-0.4, -0.2) is 4.87 Å². The lowest BCUT2D eigenvalue weighted by atomic mass is 9.96. The van der Waals surface area contributed by atoms with Crippen molar-refractivity contribution in [2.45, 2.75) is 38.0 Å². The summed E-state index contributed by atoms with van der Waals surface area (Å²) in [6, 6.07) is 10.4. The molecule has 0 amide bonds.